The van der Waals surface area contributed by atoms with E-state index in [9.17, 15) is 9.18 Å². The fraction of sp³-hybridized carbons (Fsp3) is 0. The summed E-state index contributed by atoms with van der Waals surface area (Å²) in [6, 6.07) is 8.74. The van der Waals surface area contributed by atoms with Crippen LogP contribution in [0.3, 0.4) is 0 Å². The molecular weight excluding hydrogens is 209 g/mol. The van der Waals surface area contributed by atoms with Gasteiger partial charge in [0, 0.05) is 11.8 Å². The number of hydrogen-bond donors (Lipinski definition) is 1. The fourth-order valence-electron chi connectivity index (χ4n) is 1.37. The lowest BCUT2D eigenvalue weighted by Gasteiger charge is -2.02. The molecule has 0 aliphatic heterocycles. The molecule has 0 aliphatic rings. The highest BCUT2D eigenvalue weighted by molar-refractivity contribution is 5.88. The van der Waals surface area contributed by atoms with Crippen molar-refractivity contribution in [1.82, 2.24) is 4.98 Å². The van der Waals surface area contributed by atoms with Crippen molar-refractivity contribution in [3.8, 4) is 11.3 Å². The zero-order valence-electron chi connectivity index (χ0n) is 8.22. The number of aromatic nitrogens is 1. The van der Waals surface area contributed by atoms with Crippen molar-refractivity contribution in [2.45, 2.75) is 0 Å². The topological polar surface area (TPSA) is 50.2 Å². The lowest BCUT2D eigenvalue weighted by Crippen LogP contribution is -1.95. The number of pyridine rings is 1. The minimum absolute atomic E-state index is 0.167. The molecule has 0 saturated heterocycles. The van der Waals surface area contributed by atoms with E-state index in [1.807, 2.05) is 0 Å². The standard InChI is InChI=1S/C12H8FNO2/c13-10-2-1-7-14-11(10)8-3-5-9(6-4-8)12(15)16/h1-7H,(H,15,16). The van der Waals surface area contributed by atoms with Crippen LogP contribution in [-0.2, 0) is 0 Å². The first-order chi connectivity index (χ1) is 7.68. The number of carboxylic acids is 1. The molecule has 16 heavy (non-hydrogen) atoms. The van der Waals surface area contributed by atoms with Crippen LogP contribution in [0, 0.1) is 5.82 Å². The predicted molar refractivity (Wildman–Crippen MR) is 56.6 cm³/mol. The third-order valence-corrected chi connectivity index (χ3v) is 2.16. The Labute approximate surface area is 91.2 Å². The number of hydrogen-bond acceptors (Lipinski definition) is 2. The molecule has 0 spiro atoms. The number of carboxylic acid groups (broad SMARTS) is 1. The largest absolute Gasteiger partial charge is 0.478 e. The van der Waals surface area contributed by atoms with E-state index in [-0.39, 0.29) is 11.3 Å². The Morgan fingerprint density at radius 2 is 1.88 bits per heavy atom. The van der Waals surface area contributed by atoms with Gasteiger partial charge in [0.25, 0.3) is 0 Å². The summed E-state index contributed by atoms with van der Waals surface area (Å²) in [5.74, 6) is -1.43. The quantitative estimate of drug-likeness (QED) is 0.841. The van der Waals surface area contributed by atoms with Crippen molar-refractivity contribution >= 4 is 5.97 Å². The van der Waals surface area contributed by atoms with Gasteiger partial charge in [0.15, 0.2) is 0 Å². The van der Waals surface area contributed by atoms with Gasteiger partial charge in [-0.2, -0.15) is 0 Å². The number of benzene rings is 1. The second-order valence-corrected chi connectivity index (χ2v) is 3.22. The molecule has 1 aromatic heterocycles. The Morgan fingerprint density at radius 3 is 2.44 bits per heavy atom. The molecule has 0 aliphatic carbocycles. The van der Waals surface area contributed by atoms with E-state index in [1.165, 1.54) is 42.6 Å². The zero-order chi connectivity index (χ0) is 11.5. The number of rotatable bonds is 2. The van der Waals surface area contributed by atoms with Gasteiger partial charge in [-0.05, 0) is 24.3 Å². The molecule has 0 amide bonds. The van der Waals surface area contributed by atoms with Gasteiger partial charge >= 0.3 is 5.97 Å². The van der Waals surface area contributed by atoms with E-state index in [1.54, 1.807) is 0 Å². The zero-order valence-corrected chi connectivity index (χ0v) is 8.22. The van der Waals surface area contributed by atoms with Gasteiger partial charge in [0.1, 0.15) is 11.5 Å². The first kappa shape index (κ1) is 10.3. The van der Waals surface area contributed by atoms with Gasteiger partial charge < -0.3 is 5.11 Å². The van der Waals surface area contributed by atoms with Crippen molar-refractivity contribution in [3.05, 3.63) is 54.0 Å². The molecule has 0 saturated carbocycles. The number of nitrogens with zero attached hydrogens (tertiary/aromatic N) is 1. The molecule has 4 heteroatoms. The summed E-state index contributed by atoms with van der Waals surface area (Å²) < 4.78 is 13.4. The monoisotopic (exact) mass is 217 g/mol. The van der Waals surface area contributed by atoms with Gasteiger partial charge in [-0.15, -0.1) is 0 Å². The third kappa shape index (κ3) is 1.91. The van der Waals surface area contributed by atoms with Crippen LogP contribution in [0.1, 0.15) is 10.4 Å². The Kier molecular flexibility index (Phi) is 2.64. The highest BCUT2D eigenvalue weighted by atomic mass is 19.1. The number of carbonyl (C=O) groups is 1. The number of halogens is 1. The van der Waals surface area contributed by atoms with Gasteiger partial charge in [0.05, 0.1) is 5.56 Å². The van der Waals surface area contributed by atoms with Crippen LogP contribution in [-0.4, -0.2) is 16.1 Å². The maximum absolute atomic E-state index is 13.4. The van der Waals surface area contributed by atoms with Crippen LogP contribution in [0.5, 0.6) is 0 Å². The van der Waals surface area contributed by atoms with Crippen LogP contribution in [0.2, 0.25) is 0 Å². The minimum atomic E-state index is -1.01. The summed E-state index contributed by atoms with van der Waals surface area (Å²) in [5, 5.41) is 8.71. The van der Waals surface area contributed by atoms with E-state index in [0.717, 1.165) is 0 Å². The first-order valence-corrected chi connectivity index (χ1v) is 4.63. The third-order valence-electron chi connectivity index (χ3n) is 2.16. The van der Waals surface area contributed by atoms with Gasteiger partial charge in [-0.1, -0.05) is 12.1 Å². The van der Waals surface area contributed by atoms with Crippen LogP contribution in [0.25, 0.3) is 11.3 Å². The Morgan fingerprint density at radius 1 is 1.19 bits per heavy atom. The summed E-state index contributed by atoms with van der Waals surface area (Å²) in [6.45, 7) is 0. The summed E-state index contributed by atoms with van der Waals surface area (Å²) in [5.41, 5.74) is 0.947. The number of aromatic carboxylic acids is 1. The van der Waals surface area contributed by atoms with Crippen LogP contribution >= 0.6 is 0 Å². The van der Waals surface area contributed by atoms with Crippen molar-refractivity contribution in [2.24, 2.45) is 0 Å². The highest BCUT2D eigenvalue weighted by Gasteiger charge is 2.07. The maximum Gasteiger partial charge on any atom is 0.335 e. The SMILES string of the molecule is O=C(O)c1ccc(-c2ncccc2F)cc1. The fourth-order valence-corrected chi connectivity index (χ4v) is 1.37. The second-order valence-electron chi connectivity index (χ2n) is 3.22. The van der Waals surface area contributed by atoms with E-state index in [0.29, 0.717) is 5.56 Å². The van der Waals surface area contributed by atoms with Crippen molar-refractivity contribution in [2.75, 3.05) is 0 Å². The Hall–Kier alpha value is -2.23. The summed E-state index contributed by atoms with van der Waals surface area (Å²) >= 11 is 0. The molecule has 0 atom stereocenters. The molecule has 2 rings (SSSR count). The van der Waals surface area contributed by atoms with E-state index in [4.69, 9.17) is 5.11 Å². The molecule has 1 heterocycles. The Balaban J connectivity index is 2.43. The molecule has 1 aromatic carbocycles. The Bertz CT molecular complexity index is 523. The summed E-state index contributed by atoms with van der Waals surface area (Å²) in [4.78, 5) is 14.5. The van der Waals surface area contributed by atoms with Gasteiger partial charge in [0.2, 0.25) is 0 Å². The molecule has 3 nitrogen and oxygen atoms in total. The summed E-state index contributed by atoms with van der Waals surface area (Å²) in [7, 11) is 0. The van der Waals surface area contributed by atoms with Gasteiger partial charge in [-0.3, -0.25) is 4.98 Å². The molecule has 80 valence electrons. The average molecular weight is 217 g/mol. The maximum atomic E-state index is 13.4. The molecular formula is C12H8FNO2. The molecule has 0 fully saturated rings. The second kappa shape index (κ2) is 4.10. The van der Waals surface area contributed by atoms with Crippen molar-refractivity contribution in [3.63, 3.8) is 0 Å². The molecule has 0 bridgehead atoms. The van der Waals surface area contributed by atoms with Crippen LogP contribution < -0.4 is 0 Å². The smallest absolute Gasteiger partial charge is 0.335 e. The molecule has 0 unspecified atom stereocenters. The van der Waals surface area contributed by atoms with Gasteiger partial charge in [-0.25, -0.2) is 9.18 Å². The lowest BCUT2D eigenvalue weighted by atomic mass is 10.1. The predicted octanol–water partition coefficient (Wildman–Crippen LogP) is 2.59. The average Bonchev–Trinajstić information content (AvgIpc) is 2.30. The molecule has 2 aromatic rings. The molecule has 1 N–H and O–H groups in total. The van der Waals surface area contributed by atoms with Crippen molar-refractivity contribution in [1.29, 1.82) is 0 Å². The molecule has 0 radical (unpaired) electrons. The van der Waals surface area contributed by atoms with E-state index in [2.05, 4.69) is 4.98 Å². The van der Waals surface area contributed by atoms with Crippen LogP contribution in [0.15, 0.2) is 42.6 Å². The summed E-state index contributed by atoms with van der Waals surface area (Å²) in [6.07, 6.45) is 1.49. The lowest BCUT2D eigenvalue weighted by molar-refractivity contribution is 0.0697. The van der Waals surface area contributed by atoms with Crippen molar-refractivity contribution < 1.29 is 14.3 Å². The van der Waals surface area contributed by atoms with E-state index < -0.39 is 11.8 Å². The first-order valence-electron chi connectivity index (χ1n) is 4.63. The van der Waals surface area contributed by atoms with Crippen LogP contribution in [0.4, 0.5) is 4.39 Å². The normalized spacial score (nSPS) is 10.1. The van der Waals surface area contributed by atoms with E-state index >= 15 is 0 Å². The minimum Gasteiger partial charge on any atom is -0.478 e. The highest BCUT2D eigenvalue weighted by Crippen LogP contribution is 2.20.